The maximum atomic E-state index is 10.6. The Morgan fingerprint density at radius 1 is 1.30 bits per heavy atom. The summed E-state index contributed by atoms with van der Waals surface area (Å²) in [5.41, 5.74) is -1.42. The van der Waals surface area contributed by atoms with Crippen LogP contribution in [0.4, 0.5) is 0 Å². The molecule has 4 N–H and O–H groups in total. The fraction of sp³-hybridized carbons (Fsp3) is 0.368. The molecule has 2 rings (SSSR count). The number of hydrogen-bond acceptors (Lipinski definition) is 8. The van der Waals surface area contributed by atoms with E-state index in [1.807, 2.05) is 0 Å². The third-order valence-electron chi connectivity index (χ3n) is 4.45. The van der Waals surface area contributed by atoms with Crippen molar-refractivity contribution >= 4 is 6.08 Å². The average molecular weight is 377 g/mol. The third kappa shape index (κ3) is 4.73. The fourth-order valence-corrected chi connectivity index (χ4v) is 2.94. The quantitative estimate of drug-likeness (QED) is 0.324. The maximum Gasteiger partial charge on any atom is 0.161 e. The molecule has 0 heterocycles. The molecule has 0 aromatic heterocycles. The Balaban J connectivity index is 2.03. The molecule has 8 nitrogen and oxygen atoms in total. The van der Waals surface area contributed by atoms with Crippen LogP contribution in [0.2, 0.25) is 0 Å². The van der Waals surface area contributed by atoms with E-state index in [0.717, 1.165) is 0 Å². The first kappa shape index (κ1) is 20.6. The molecular weight excluding hydrogens is 354 g/mol. The van der Waals surface area contributed by atoms with Crippen LogP contribution in [0.15, 0.2) is 54.1 Å². The average Bonchev–Trinajstić information content (AvgIpc) is 2.63. The lowest BCUT2D eigenvalue weighted by Gasteiger charge is -2.41. The Labute approximate surface area is 156 Å². The zero-order valence-corrected chi connectivity index (χ0v) is 14.9. The zero-order chi connectivity index (χ0) is 20.2. The van der Waals surface area contributed by atoms with Crippen molar-refractivity contribution in [1.29, 1.82) is 0 Å². The van der Waals surface area contributed by atoms with Crippen LogP contribution >= 0.6 is 0 Å². The fourth-order valence-electron chi connectivity index (χ4n) is 2.94. The molecule has 1 fully saturated rings. The summed E-state index contributed by atoms with van der Waals surface area (Å²) in [5, 5.41) is 42.9. The van der Waals surface area contributed by atoms with Crippen molar-refractivity contribution in [3.05, 3.63) is 59.4 Å². The van der Waals surface area contributed by atoms with Gasteiger partial charge in [0, 0.05) is 12.8 Å². The number of rotatable bonds is 7. The van der Waals surface area contributed by atoms with Gasteiger partial charge in [0.1, 0.15) is 17.1 Å². The molecule has 1 saturated carbocycles. The zero-order valence-electron chi connectivity index (χ0n) is 14.9. The van der Waals surface area contributed by atoms with Crippen molar-refractivity contribution in [2.45, 2.75) is 36.8 Å². The van der Waals surface area contributed by atoms with Gasteiger partial charge in [-0.25, -0.2) is 0 Å². The molecule has 3 unspecified atom stereocenters. The van der Waals surface area contributed by atoms with Crippen LogP contribution in [-0.2, 0) is 4.74 Å². The van der Waals surface area contributed by atoms with Crippen molar-refractivity contribution in [2.24, 2.45) is 5.18 Å². The van der Waals surface area contributed by atoms with Crippen molar-refractivity contribution in [1.82, 2.24) is 0 Å². The predicted octanol–water partition coefficient (Wildman–Crippen LogP) is 1.84. The number of benzene rings is 1. The van der Waals surface area contributed by atoms with E-state index in [4.69, 9.17) is 9.47 Å². The molecule has 8 heteroatoms. The SMILES string of the molecule is C=C(/C=C/c1ccc(O)c(OC)c1)OC1C(O)CC(O)(C(=C)N=O)C[C@H]1O. The van der Waals surface area contributed by atoms with Gasteiger partial charge in [-0.3, -0.25) is 0 Å². The first-order chi connectivity index (χ1) is 12.7. The highest BCUT2D eigenvalue weighted by Gasteiger charge is 2.47. The van der Waals surface area contributed by atoms with Gasteiger partial charge >= 0.3 is 0 Å². The second-order valence-corrected chi connectivity index (χ2v) is 6.43. The number of nitroso groups, excluding NO2 is 1. The van der Waals surface area contributed by atoms with E-state index >= 15 is 0 Å². The van der Waals surface area contributed by atoms with E-state index in [0.29, 0.717) is 11.3 Å². The number of nitrogens with zero attached hydrogens (tertiary/aromatic N) is 1. The van der Waals surface area contributed by atoms with E-state index < -0.39 is 23.9 Å². The lowest BCUT2D eigenvalue weighted by molar-refractivity contribution is -0.148. The van der Waals surface area contributed by atoms with E-state index in [1.54, 1.807) is 18.2 Å². The monoisotopic (exact) mass is 377 g/mol. The second kappa shape index (κ2) is 8.34. The summed E-state index contributed by atoms with van der Waals surface area (Å²) in [4.78, 5) is 10.6. The second-order valence-electron chi connectivity index (χ2n) is 6.43. The van der Waals surface area contributed by atoms with Crippen LogP contribution in [0.25, 0.3) is 6.08 Å². The highest BCUT2D eigenvalue weighted by atomic mass is 16.5. The van der Waals surface area contributed by atoms with E-state index in [-0.39, 0.29) is 30.0 Å². The minimum absolute atomic E-state index is 0.0112. The minimum atomic E-state index is -1.78. The lowest BCUT2D eigenvalue weighted by atomic mass is 9.78. The molecule has 1 aromatic carbocycles. The highest BCUT2D eigenvalue weighted by Crippen LogP contribution is 2.36. The topological polar surface area (TPSA) is 129 Å². The van der Waals surface area contributed by atoms with Crippen molar-refractivity contribution < 1.29 is 29.9 Å². The van der Waals surface area contributed by atoms with Gasteiger partial charge in [0.2, 0.25) is 0 Å². The van der Waals surface area contributed by atoms with Gasteiger partial charge < -0.3 is 29.9 Å². The van der Waals surface area contributed by atoms with Gasteiger partial charge in [0.15, 0.2) is 17.6 Å². The molecule has 27 heavy (non-hydrogen) atoms. The standard InChI is InChI=1S/C19H23NO7/c1-11(4-5-13-6-7-14(21)17(8-13)26-3)27-18-15(22)9-19(24,10-16(18)23)12(2)20-25/h4-8,15-16,18,21-24H,1-2,9-10H2,3H3/b5-4+/t15-,16?,18?,19?/m1/s1. The van der Waals surface area contributed by atoms with Crippen molar-refractivity contribution in [2.75, 3.05) is 7.11 Å². The number of aliphatic hydroxyl groups excluding tert-OH is 2. The molecule has 1 aromatic rings. The Morgan fingerprint density at radius 2 is 1.93 bits per heavy atom. The van der Waals surface area contributed by atoms with Crippen LogP contribution in [0.1, 0.15) is 18.4 Å². The summed E-state index contributed by atoms with van der Waals surface area (Å²) in [5.74, 6) is 0.491. The third-order valence-corrected chi connectivity index (χ3v) is 4.45. The Hall–Kier alpha value is -2.68. The summed E-state index contributed by atoms with van der Waals surface area (Å²) >= 11 is 0. The number of phenols is 1. The molecule has 0 aliphatic heterocycles. The van der Waals surface area contributed by atoms with Gasteiger partial charge in [0.25, 0.3) is 0 Å². The summed E-state index contributed by atoms with van der Waals surface area (Å²) in [6.07, 6.45) is -0.849. The van der Waals surface area contributed by atoms with Crippen LogP contribution in [0.5, 0.6) is 11.5 Å². The van der Waals surface area contributed by atoms with E-state index in [2.05, 4.69) is 18.3 Å². The highest BCUT2D eigenvalue weighted by molar-refractivity contribution is 5.57. The molecule has 0 radical (unpaired) electrons. The van der Waals surface area contributed by atoms with Gasteiger partial charge in [-0.1, -0.05) is 25.3 Å². The number of hydrogen-bond donors (Lipinski definition) is 4. The van der Waals surface area contributed by atoms with Crippen LogP contribution in [-0.4, -0.2) is 51.4 Å². The van der Waals surface area contributed by atoms with E-state index in [9.17, 15) is 25.3 Å². The van der Waals surface area contributed by atoms with Gasteiger partial charge in [0.05, 0.1) is 19.3 Å². The Bertz CT molecular complexity index is 746. The van der Waals surface area contributed by atoms with Crippen molar-refractivity contribution in [3.63, 3.8) is 0 Å². The molecule has 4 atom stereocenters. The minimum Gasteiger partial charge on any atom is -0.504 e. The number of aliphatic hydroxyl groups is 3. The molecule has 1 aliphatic carbocycles. The maximum absolute atomic E-state index is 10.6. The largest absolute Gasteiger partial charge is 0.504 e. The number of phenolic OH excluding ortho intramolecular Hbond substituents is 1. The molecule has 0 bridgehead atoms. The Morgan fingerprint density at radius 3 is 2.48 bits per heavy atom. The summed E-state index contributed by atoms with van der Waals surface area (Å²) in [7, 11) is 1.44. The van der Waals surface area contributed by atoms with Gasteiger partial charge in [-0.2, -0.15) is 0 Å². The summed E-state index contributed by atoms with van der Waals surface area (Å²) in [6, 6.07) is 4.75. The molecule has 1 aliphatic rings. The number of methoxy groups -OCH3 is 1. The molecule has 0 spiro atoms. The number of allylic oxidation sites excluding steroid dienone is 1. The first-order valence-electron chi connectivity index (χ1n) is 8.22. The van der Waals surface area contributed by atoms with Crippen LogP contribution in [0.3, 0.4) is 0 Å². The van der Waals surface area contributed by atoms with Crippen LogP contribution < -0.4 is 4.74 Å². The number of aromatic hydroxyl groups is 1. The van der Waals surface area contributed by atoms with Crippen molar-refractivity contribution in [3.8, 4) is 11.5 Å². The molecule has 0 saturated heterocycles. The van der Waals surface area contributed by atoms with Gasteiger partial charge in [-0.05, 0) is 28.9 Å². The summed E-state index contributed by atoms with van der Waals surface area (Å²) in [6.45, 7) is 7.08. The van der Waals surface area contributed by atoms with Gasteiger partial charge in [-0.15, -0.1) is 4.91 Å². The Kier molecular flexibility index (Phi) is 6.37. The van der Waals surface area contributed by atoms with E-state index in [1.165, 1.54) is 19.3 Å². The number of ether oxygens (including phenoxy) is 2. The van der Waals surface area contributed by atoms with Crippen LogP contribution in [0, 0.1) is 4.91 Å². The lowest BCUT2D eigenvalue weighted by Crippen LogP contribution is -2.53. The molecule has 146 valence electrons. The smallest absolute Gasteiger partial charge is 0.161 e. The molecular formula is C19H23NO7. The first-order valence-corrected chi connectivity index (χ1v) is 8.22. The predicted molar refractivity (Wildman–Crippen MR) is 98.8 cm³/mol. The molecule has 0 amide bonds. The normalized spacial score (nSPS) is 27.9. The summed E-state index contributed by atoms with van der Waals surface area (Å²) < 4.78 is 10.5.